The summed E-state index contributed by atoms with van der Waals surface area (Å²) in [5.74, 6) is 1.25. The molecule has 3 aromatic carbocycles. The third-order valence-electron chi connectivity index (χ3n) is 5.83. The van der Waals surface area contributed by atoms with Crippen molar-refractivity contribution < 1.29 is 19.0 Å². The van der Waals surface area contributed by atoms with Gasteiger partial charge in [-0.1, -0.05) is 29.8 Å². The molecule has 1 aliphatic rings. The van der Waals surface area contributed by atoms with Crippen LogP contribution in [0.4, 0.5) is 0 Å². The van der Waals surface area contributed by atoms with Gasteiger partial charge in [-0.25, -0.2) is 0 Å². The lowest BCUT2D eigenvalue weighted by atomic mass is 10.0. The molecule has 9 nitrogen and oxygen atoms in total. The number of aromatic nitrogens is 4. The van der Waals surface area contributed by atoms with E-state index in [1.165, 1.54) is 5.56 Å². The number of hydrogen-bond acceptors (Lipinski definition) is 8. The van der Waals surface area contributed by atoms with Gasteiger partial charge in [0.1, 0.15) is 12.4 Å². The van der Waals surface area contributed by atoms with Gasteiger partial charge >= 0.3 is 0 Å². The molecule has 184 valence electrons. The van der Waals surface area contributed by atoms with Crippen LogP contribution >= 0.6 is 11.6 Å². The van der Waals surface area contributed by atoms with Gasteiger partial charge in [0.05, 0.1) is 12.2 Å². The summed E-state index contributed by atoms with van der Waals surface area (Å²) in [5.41, 5.74) is 6.89. The number of tetrazole rings is 1. The Morgan fingerprint density at radius 2 is 1.89 bits per heavy atom. The Labute approximate surface area is 212 Å². The summed E-state index contributed by atoms with van der Waals surface area (Å²) in [6, 6.07) is 20.0. The lowest BCUT2D eigenvalue weighted by Gasteiger charge is -2.33. The third-order valence-corrected chi connectivity index (χ3v) is 6.08. The van der Waals surface area contributed by atoms with Gasteiger partial charge in [0.2, 0.25) is 5.82 Å². The zero-order valence-electron chi connectivity index (χ0n) is 19.3. The molecule has 1 aromatic heterocycles. The monoisotopic (exact) mass is 505 g/mol. The number of hydrogen-bond donors (Lipinski definition) is 2. The summed E-state index contributed by atoms with van der Waals surface area (Å²) < 4.78 is 17.6. The van der Waals surface area contributed by atoms with Crippen LogP contribution < -0.4 is 19.9 Å². The van der Waals surface area contributed by atoms with Gasteiger partial charge in [-0.05, 0) is 78.6 Å². The van der Waals surface area contributed by atoms with E-state index in [2.05, 4.69) is 20.6 Å². The van der Waals surface area contributed by atoms with E-state index in [-0.39, 0.29) is 24.0 Å². The highest BCUT2D eigenvalue weighted by Crippen LogP contribution is 2.40. The number of nitrogens with one attached hydrogen (secondary N) is 1. The van der Waals surface area contributed by atoms with Gasteiger partial charge in [-0.2, -0.15) is 5.21 Å². The smallest absolute Gasteiger partial charge is 0.257 e. The summed E-state index contributed by atoms with van der Waals surface area (Å²) in [4.78, 5) is 13.3. The lowest BCUT2D eigenvalue weighted by Crippen LogP contribution is -2.51. The predicted molar refractivity (Wildman–Crippen MR) is 132 cm³/mol. The fraction of sp³-hybridized carbons (Fsp3) is 0.231. The van der Waals surface area contributed by atoms with Crippen LogP contribution in [0.15, 0.2) is 66.7 Å². The average molecular weight is 506 g/mol. The number of carbonyl (C=O) groups excluding carboxylic acids is 1. The van der Waals surface area contributed by atoms with Crippen molar-refractivity contribution in [2.45, 2.75) is 25.0 Å². The molecule has 0 fully saturated rings. The quantitative estimate of drug-likeness (QED) is 0.257. The van der Waals surface area contributed by atoms with E-state index < -0.39 is 5.72 Å². The summed E-state index contributed by atoms with van der Waals surface area (Å²) >= 11 is 5.92. The van der Waals surface area contributed by atoms with E-state index in [1.54, 1.807) is 42.5 Å². The van der Waals surface area contributed by atoms with Gasteiger partial charge in [-0.3, -0.25) is 10.5 Å². The number of H-pyrrole nitrogens is 1. The second kappa shape index (κ2) is 10.3. The van der Waals surface area contributed by atoms with Gasteiger partial charge in [0.25, 0.3) is 5.72 Å². The van der Waals surface area contributed by atoms with Gasteiger partial charge in [0.15, 0.2) is 17.3 Å². The first kappa shape index (κ1) is 23.8. The highest BCUT2D eigenvalue weighted by Gasteiger charge is 2.41. The number of rotatable bonds is 9. The Morgan fingerprint density at radius 3 is 2.64 bits per heavy atom. The fourth-order valence-corrected chi connectivity index (χ4v) is 4.02. The van der Waals surface area contributed by atoms with E-state index in [0.717, 1.165) is 24.3 Å². The van der Waals surface area contributed by atoms with Crippen molar-refractivity contribution >= 4 is 17.4 Å². The minimum Gasteiger partial charge on any atom is -0.494 e. The molecule has 5 rings (SSSR count). The van der Waals surface area contributed by atoms with Crippen LogP contribution in [0.3, 0.4) is 0 Å². The molecule has 1 atom stereocenters. The number of halogens is 1. The highest BCUT2D eigenvalue weighted by molar-refractivity contribution is 6.30. The number of fused-ring (bicyclic) bond motifs is 1. The van der Waals surface area contributed by atoms with E-state index in [9.17, 15) is 4.79 Å². The number of unbranched alkanes of at least 4 members (excludes halogenated alkanes) is 1. The fourth-order valence-electron chi connectivity index (χ4n) is 3.89. The second-order valence-corrected chi connectivity index (χ2v) is 8.87. The molecule has 3 N–H and O–H groups in total. The number of benzene rings is 3. The first-order chi connectivity index (χ1) is 17.5. The molecular weight excluding hydrogens is 482 g/mol. The van der Waals surface area contributed by atoms with Crippen molar-refractivity contribution in [3.63, 3.8) is 0 Å². The first-order valence-corrected chi connectivity index (χ1v) is 11.9. The molecule has 0 bridgehead atoms. The van der Waals surface area contributed by atoms with E-state index >= 15 is 0 Å². The van der Waals surface area contributed by atoms with E-state index in [0.29, 0.717) is 29.2 Å². The van der Waals surface area contributed by atoms with Gasteiger partial charge in [-0.15, -0.1) is 10.2 Å². The molecule has 0 saturated carbocycles. The number of nitrogens with two attached hydrogens (primary N) is 1. The topological polar surface area (TPSA) is 125 Å². The molecule has 1 aliphatic heterocycles. The van der Waals surface area contributed by atoms with Crippen molar-refractivity contribution in [2.24, 2.45) is 5.73 Å². The van der Waals surface area contributed by atoms with Crippen LogP contribution in [0.1, 0.15) is 40.2 Å². The maximum absolute atomic E-state index is 13.3. The van der Waals surface area contributed by atoms with Crippen molar-refractivity contribution in [2.75, 3.05) is 13.2 Å². The minimum atomic E-state index is -1.47. The minimum absolute atomic E-state index is 0.0249. The molecule has 0 radical (unpaired) electrons. The van der Waals surface area contributed by atoms with Crippen molar-refractivity contribution in [3.05, 3.63) is 94.3 Å². The zero-order chi connectivity index (χ0) is 25.0. The standard InChI is InChI=1S/C26H24ClN5O4/c27-19-11-7-17(8-12-19)4-1-2-15-34-20-13-9-18(10-14-20)23(33)21-5-3-6-22-24(21)36-26(28,16-35-22)25-29-31-32-30-25/h3,5-14H,1-2,4,15-16,28H2,(H,29,30,31,32). The normalized spacial score (nSPS) is 16.5. The largest absolute Gasteiger partial charge is 0.494 e. The van der Waals surface area contributed by atoms with Crippen LogP contribution in [0.2, 0.25) is 5.02 Å². The van der Waals surface area contributed by atoms with Gasteiger partial charge in [0, 0.05) is 10.6 Å². The number of ether oxygens (including phenoxy) is 3. The summed E-state index contributed by atoms with van der Waals surface area (Å²) in [6.45, 7) is 0.565. The molecule has 0 aliphatic carbocycles. The Hall–Kier alpha value is -3.95. The zero-order valence-corrected chi connectivity index (χ0v) is 20.1. The molecule has 4 aromatic rings. The van der Waals surface area contributed by atoms with Crippen molar-refractivity contribution in [1.29, 1.82) is 0 Å². The predicted octanol–water partition coefficient (Wildman–Crippen LogP) is 4.07. The number of ketones is 1. The van der Waals surface area contributed by atoms with Gasteiger partial charge < -0.3 is 14.2 Å². The van der Waals surface area contributed by atoms with Crippen LogP contribution in [-0.2, 0) is 12.1 Å². The molecule has 0 amide bonds. The maximum Gasteiger partial charge on any atom is 0.257 e. The number of nitrogens with zero attached hydrogens (tertiary/aromatic N) is 3. The SMILES string of the molecule is NC1(c2nn[nH]n2)COc2cccc(C(=O)c3ccc(OCCCCc4ccc(Cl)cc4)cc3)c2O1. The Bertz CT molecular complexity index is 1330. The van der Waals surface area contributed by atoms with E-state index in [1.807, 2.05) is 24.3 Å². The summed E-state index contributed by atoms with van der Waals surface area (Å²) in [7, 11) is 0. The first-order valence-electron chi connectivity index (χ1n) is 11.5. The highest BCUT2D eigenvalue weighted by atomic mass is 35.5. The number of carbonyl (C=O) groups is 1. The molecule has 0 saturated heterocycles. The molecular formula is C26H24ClN5O4. The molecule has 10 heteroatoms. The molecule has 2 heterocycles. The second-order valence-electron chi connectivity index (χ2n) is 8.43. The van der Waals surface area contributed by atoms with Crippen LogP contribution in [-0.4, -0.2) is 39.6 Å². The Morgan fingerprint density at radius 1 is 1.08 bits per heavy atom. The third kappa shape index (κ3) is 5.17. The van der Waals surface area contributed by atoms with Crippen LogP contribution in [0.25, 0.3) is 0 Å². The summed E-state index contributed by atoms with van der Waals surface area (Å²) in [6.07, 6.45) is 2.89. The Kier molecular flexibility index (Phi) is 6.84. The van der Waals surface area contributed by atoms with Crippen molar-refractivity contribution in [1.82, 2.24) is 20.6 Å². The van der Waals surface area contributed by atoms with Crippen molar-refractivity contribution in [3.8, 4) is 17.2 Å². The average Bonchev–Trinajstić information content (AvgIpc) is 3.45. The molecule has 36 heavy (non-hydrogen) atoms. The van der Waals surface area contributed by atoms with Crippen LogP contribution in [0.5, 0.6) is 17.2 Å². The Balaban J connectivity index is 1.20. The van der Waals surface area contributed by atoms with Crippen LogP contribution in [0, 0.1) is 0 Å². The van der Waals surface area contributed by atoms with E-state index in [4.69, 9.17) is 31.5 Å². The molecule has 0 spiro atoms. The summed E-state index contributed by atoms with van der Waals surface area (Å²) in [5, 5.41) is 14.4. The molecule has 1 unspecified atom stereocenters. The maximum atomic E-state index is 13.3. The number of para-hydroxylation sites is 1. The number of aromatic amines is 1. The lowest BCUT2D eigenvalue weighted by molar-refractivity contribution is -0.0154. The number of aryl methyl sites for hydroxylation is 1.